The van der Waals surface area contributed by atoms with E-state index in [2.05, 4.69) is 9.98 Å². The molecule has 2 aliphatic rings. The largest absolute Gasteiger partial charge is 0.504 e. The number of benzene rings is 2. The van der Waals surface area contributed by atoms with Crippen molar-refractivity contribution < 1.29 is 33.3 Å². The minimum atomic E-state index is -1.26. The lowest BCUT2D eigenvalue weighted by Crippen LogP contribution is -2.43. The molecule has 1 aromatic heterocycles. The van der Waals surface area contributed by atoms with Crippen LogP contribution in [0.1, 0.15) is 36.8 Å². The second-order valence-corrected chi connectivity index (χ2v) is 10.6. The number of nitrogens with one attached hydrogen (secondary N) is 1. The Morgan fingerprint density at radius 2 is 1.91 bits per heavy atom. The summed E-state index contributed by atoms with van der Waals surface area (Å²) >= 11 is 0. The van der Waals surface area contributed by atoms with E-state index in [1.807, 2.05) is 23.9 Å². The van der Waals surface area contributed by atoms with Gasteiger partial charge in [-0.1, -0.05) is 12.8 Å². The third-order valence-corrected chi connectivity index (χ3v) is 7.80. The van der Waals surface area contributed by atoms with E-state index in [-0.39, 0.29) is 34.7 Å². The molecule has 0 amide bonds. The Hall–Kier alpha value is -4.94. The summed E-state index contributed by atoms with van der Waals surface area (Å²) in [6.07, 6.45) is 3.83. The van der Waals surface area contributed by atoms with Crippen molar-refractivity contribution in [3.63, 3.8) is 0 Å². The first-order chi connectivity index (χ1) is 20.5. The first-order valence-electron chi connectivity index (χ1n) is 13.8. The summed E-state index contributed by atoms with van der Waals surface area (Å²) in [5, 5.41) is 27.6. The van der Waals surface area contributed by atoms with Gasteiger partial charge in [0.25, 0.3) is 5.88 Å². The summed E-state index contributed by atoms with van der Waals surface area (Å²) in [5.41, 5.74) is 6.89. The van der Waals surface area contributed by atoms with Gasteiger partial charge in [-0.3, -0.25) is 15.2 Å². The second-order valence-electron chi connectivity index (χ2n) is 10.6. The highest BCUT2D eigenvalue weighted by Crippen LogP contribution is 2.39. The number of hydrogen-bond acceptors (Lipinski definition) is 9. The number of aromatic hydroxyl groups is 1. The van der Waals surface area contributed by atoms with Gasteiger partial charge in [0.05, 0.1) is 24.2 Å². The molecule has 2 aromatic carbocycles. The Labute approximate surface area is 246 Å². The molecule has 43 heavy (non-hydrogen) atoms. The minimum absolute atomic E-state index is 0.111. The number of anilines is 1. The predicted molar refractivity (Wildman–Crippen MR) is 156 cm³/mol. The first kappa shape index (κ1) is 29.5. The molecule has 1 saturated carbocycles. The highest BCUT2D eigenvalue weighted by molar-refractivity contribution is 6.03. The number of halogens is 2. The van der Waals surface area contributed by atoms with Crippen molar-refractivity contribution in [2.45, 2.75) is 31.7 Å². The average Bonchev–Trinajstić information content (AvgIpc) is 3.42. The van der Waals surface area contributed by atoms with Crippen molar-refractivity contribution in [1.82, 2.24) is 9.88 Å². The highest BCUT2D eigenvalue weighted by atomic mass is 19.1. The summed E-state index contributed by atoms with van der Waals surface area (Å²) in [6, 6.07) is 8.67. The molecule has 1 aliphatic carbocycles. The number of aliphatic imine (C=N–C) groups is 1. The highest BCUT2D eigenvalue weighted by Gasteiger charge is 2.34. The third kappa shape index (κ3) is 6.01. The molecule has 226 valence electrons. The zero-order chi connectivity index (χ0) is 30.8. The molecule has 5 rings (SSSR count). The molecule has 0 spiro atoms. The van der Waals surface area contributed by atoms with Crippen molar-refractivity contribution in [3.8, 4) is 28.9 Å². The quantitative estimate of drug-likeness (QED) is 0.203. The van der Waals surface area contributed by atoms with Gasteiger partial charge in [0.1, 0.15) is 17.4 Å². The van der Waals surface area contributed by atoms with Gasteiger partial charge in [-0.2, -0.15) is 4.39 Å². The molecule has 0 saturated heterocycles. The molecule has 1 fully saturated rings. The van der Waals surface area contributed by atoms with Crippen LogP contribution >= 0.6 is 0 Å². The fourth-order valence-corrected chi connectivity index (χ4v) is 5.45. The number of nitrogens with two attached hydrogens (primary N) is 1. The number of phenolic OH excluding ortho intramolecular Hbond substituents is 1. The van der Waals surface area contributed by atoms with E-state index in [1.54, 1.807) is 18.2 Å². The molecule has 0 radical (unpaired) electrons. The summed E-state index contributed by atoms with van der Waals surface area (Å²) in [4.78, 5) is 24.0. The van der Waals surface area contributed by atoms with E-state index in [0.29, 0.717) is 36.6 Å². The monoisotopic (exact) mass is 594 g/mol. The van der Waals surface area contributed by atoms with Crippen LogP contribution in [0.15, 0.2) is 47.6 Å². The lowest BCUT2D eigenvalue weighted by molar-refractivity contribution is -0.143. The van der Waals surface area contributed by atoms with Gasteiger partial charge >= 0.3 is 5.97 Å². The number of aliphatic carboxylic acids is 1. The number of nitrogen functional groups attached to an aromatic ring is 1. The number of ether oxygens (including phenoxy) is 2. The number of amidine groups is 2. The molecule has 0 bridgehead atoms. The predicted octanol–water partition coefficient (Wildman–Crippen LogP) is 4.71. The molecular formula is C30H32F2N6O5. The number of nitrogens with zero attached hydrogens (tertiary/aromatic N) is 4. The number of phenols is 1. The molecule has 1 aliphatic heterocycles. The molecule has 11 nitrogen and oxygen atoms in total. The lowest BCUT2D eigenvalue weighted by atomic mass is 9.83. The van der Waals surface area contributed by atoms with Gasteiger partial charge in [-0.25, -0.2) is 9.37 Å². The van der Waals surface area contributed by atoms with Gasteiger partial charge in [0.15, 0.2) is 17.3 Å². The first-order valence-corrected chi connectivity index (χ1v) is 13.8. The molecular weight excluding hydrogens is 562 g/mol. The number of aromatic nitrogens is 1. The van der Waals surface area contributed by atoms with Crippen molar-refractivity contribution in [3.05, 3.63) is 65.4 Å². The number of pyridine rings is 1. The fraction of sp³-hybridized carbons (Fsp3) is 0.333. The molecule has 2 atom stereocenters. The SMILES string of the molecule is CN1CCN=C1c1cc(N(C)C2CCCCC2C(=O)O)ccc1Oc1c(F)cnc(Oc2cc(C(=N)N)ccc2O)c1F. The lowest BCUT2D eigenvalue weighted by Gasteiger charge is -2.37. The van der Waals surface area contributed by atoms with Crippen molar-refractivity contribution in [2.24, 2.45) is 16.6 Å². The molecule has 13 heteroatoms. The van der Waals surface area contributed by atoms with Crippen molar-refractivity contribution in [2.75, 3.05) is 32.1 Å². The van der Waals surface area contributed by atoms with Gasteiger partial charge in [-0.15, -0.1) is 0 Å². The van der Waals surface area contributed by atoms with E-state index in [9.17, 15) is 19.4 Å². The van der Waals surface area contributed by atoms with Gasteiger partial charge in [0, 0.05) is 37.9 Å². The van der Waals surface area contributed by atoms with E-state index in [0.717, 1.165) is 25.5 Å². The topological polar surface area (TPSA) is 158 Å². The van der Waals surface area contributed by atoms with Crippen LogP contribution in [-0.4, -0.2) is 71.0 Å². The zero-order valence-electron chi connectivity index (χ0n) is 23.7. The number of carboxylic acid groups (broad SMARTS) is 1. The van der Waals surface area contributed by atoms with Crippen molar-refractivity contribution in [1.29, 1.82) is 5.41 Å². The van der Waals surface area contributed by atoms with E-state index < -0.39 is 35.2 Å². The van der Waals surface area contributed by atoms with Crippen LogP contribution in [0.25, 0.3) is 0 Å². The Morgan fingerprint density at radius 3 is 2.60 bits per heavy atom. The van der Waals surface area contributed by atoms with Crippen LogP contribution < -0.4 is 20.1 Å². The standard InChI is InChI=1S/C30H32F2N6O5/c1-37-12-11-35-28(37)19-14-17(38(2)21-6-4-3-5-18(21)30(40)41)8-10-23(19)42-26-20(31)15-36-29(25(26)32)43-24-13-16(27(33)34)7-9-22(24)39/h7-10,13-15,18,21,39H,3-6,11-12H2,1-2H3,(H3,33,34)(H,40,41). The van der Waals surface area contributed by atoms with Gasteiger partial charge in [-0.05, 0) is 49.2 Å². The smallest absolute Gasteiger partial charge is 0.308 e. The van der Waals surface area contributed by atoms with E-state index >= 15 is 4.39 Å². The number of carbonyl (C=O) groups is 1. The van der Waals surface area contributed by atoms with Crippen LogP contribution in [-0.2, 0) is 4.79 Å². The Morgan fingerprint density at radius 1 is 1.14 bits per heavy atom. The summed E-state index contributed by atoms with van der Waals surface area (Å²) in [7, 11) is 3.68. The Bertz CT molecular complexity index is 1600. The summed E-state index contributed by atoms with van der Waals surface area (Å²) in [6.45, 7) is 1.16. The molecule has 5 N–H and O–H groups in total. The van der Waals surface area contributed by atoms with E-state index in [1.165, 1.54) is 18.2 Å². The van der Waals surface area contributed by atoms with Gasteiger partial charge < -0.3 is 35.2 Å². The van der Waals surface area contributed by atoms with Crippen LogP contribution in [0.5, 0.6) is 28.9 Å². The molecule has 2 unspecified atom stereocenters. The fourth-order valence-electron chi connectivity index (χ4n) is 5.45. The third-order valence-electron chi connectivity index (χ3n) is 7.80. The number of hydrogen-bond donors (Lipinski definition) is 4. The average molecular weight is 595 g/mol. The van der Waals surface area contributed by atoms with E-state index in [4.69, 9.17) is 20.6 Å². The van der Waals surface area contributed by atoms with Crippen LogP contribution in [0.2, 0.25) is 0 Å². The maximum absolute atomic E-state index is 15.6. The summed E-state index contributed by atoms with van der Waals surface area (Å²) in [5.74, 6) is -5.39. The maximum Gasteiger partial charge on any atom is 0.308 e. The number of carboxylic acids is 1. The van der Waals surface area contributed by atoms with Gasteiger partial charge in [0.2, 0.25) is 11.6 Å². The van der Waals surface area contributed by atoms with Crippen LogP contribution in [0.3, 0.4) is 0 Å². The zero-order valence-corrected chi connectivity index (χ0v) is 23.7. The normalized spacial score (nSPS) is 18.2. The number of rotatable bonds is 9. The Balaban J connectivity index is 1.50. The molecule has 3 aromatic rings. The van der Waals surface area contributed by atoms with Crippen LogP contribution in [0.4, 0.5) is 14.5 Å². The Kier molecular flexibility index (Phi) is 8.33. The molecule has 2 heterocycles. The maximum atomic E-state index is 15.6. The summed E-state index contributed by atoms with van der Waals surface area (Å²) < 4.78 is 41.9. The number of likely N-dealkylation sites (N-methyl/N-ethyl adjacent to an activating group) is 1. The van der Waals surface area contributed by atoms with Crippen LogP contribution in [0, 0.1) is 23.0 Å². The minimum Gasteiger partial charge on any atom is -0.504 e. The second kappa shape index (κ2) is 12.1. The van der Waals surface area contributed by atoms with Crippen molar-refractivity contribution >= 4 is 23.3 Å².